The maximum Gasteiger partial charge on any atom is 0.265 e. The van der Waals surface area contributed by atoms with Crippen LogP contribution in [0.15, 0.2) is 53.5 Å². The van der Waals surface area contributed by atoms with Crippen molar-refractivity contribution in [2.75, 3.05) is 44.9 Å². The van der Waals surface area contributed by atoms with E-state index >= 15 is 0 Å². The SMILES string of the molecule is COc1ccc(N2C(=O)c3ccccc3C(C=NCC3(N4CCOCC4)CCCCC3)C2=O)cc1. The monoisotopic (exact) mass is 475 g/mol. The molecule has 5 rings (SSSR count). The van der Waals surface area contributed by atoms with Crippen molar-refractivity contribution in [2.45, 2.75) is 43.6 Å². The third-order valence-corrected chi connectivity index (χ3v) is 7.65. The van der Waals surface area contributed by atoms with Gasteiger partial charge in [-0.2, -0.15) is 0 Å². The average Bonchev–Trinajstić information content (AvgIpc) is 2.92. The Labute approximate surface area is 206 Å². The van der Waals surface area contributed by atoms with E-state index in [1.54, 1.807) is 43.7 Å². The first kappa shape index (κ1) is 23.7. The molecule has 0 radical (unpaired) electrons. The van der Waals surface area contributed by atoms with E-state index in [-0.39, 0.29) is 17.4 Å². The van der Waals surface area contributed by atoms with E-state index in [1.165, 1.54) is 24.2 Å². The quantitative estimate of drug-likeness (QED) is 0.465. The van der Waals surface area contributed by atoms with Crippen LogP contribution in [0.5, 0.6) is 5.75 Å². The number of rotatable bonds is 6. The topological polar surface area (TPSA) is 71.4 Å². The van der Waals surface area contributed by atoms with Crippen molar-refractivity contribution >= 4 is 23.7 Å². The molecule has 2 heterocycles. The van der Waals surface area contributed by atoms with Crippen molar-refractivity contribution in [1.82, 2.24) is 4.90 Å². The molecule has 2 aromatic rings. The standard InChI is InChI=1S/C28H33N3O4/c1-34-22-11-9-21(10-12-22)31-26(32)24-8-4-3-7-23(24)25(27(31)33)19-29-20-28(13-5-2-6-14-28)30-15-17-35-18-16-30/h3-4,7-12,19,25H,2,5-6,13-18,20H2,1H3. The number of morpholine rings is 1. The van der Waals surface area contributed by atoms with Gasteiger partial charge in [-0.05, 0) is 48.7 Å². The van der Waals surface area contributed by atoms with Crippen molar-refractivity contribution in [3.05, 3.63) is 59.7 Å². The predicted molar refractivity (Wildman–Crippen MR) is 136 cm³/mol. The number of carbonyl (C=O) groups is 2. The molecular formula is C28H33N3O4. The lowest BCUT2D eigenvalue weighted by Crippen LogP contribution is -2.56. The summed E-state index contributed by atoms with van der Waals surface area (Å²) in [6.45, 7) is 4.05. The van der Waals surface area contributed by atoms with Gasteiger partial charge in [0.25, 0.3) is 5.91 Å². The minimum Gasteiger partial charge on any atom is -0.497 e. The molecule has 35 heavy (non-hydrogen) atoms. The molecule has 0 bridgehead atoms. The summed E-state index contributed by atoms with van der Waals surface area (Å²) < 4.78 is 10.8. The Balaban J connectivity index is 1.43. The minimum absolute atomic E-state index is 0.0290. The average molecular weight is 476 g/mol. The number of hydrogen-bond donors (Lipinski definition) is 0. The maximum atomic E-state index is 13.7. The Morgan fingerprint density at radius 2 is 1.74 bits per heavy atom. The third-order valence-electron chi connectivity index (χ3n) is 7.65. The van der Waals surface area contributed by atoms with Crippen molar-refractivity contribution < 1.29 is 19.1 Å². The fourth-order valence-electron chi connectivity index (χ4n) is 5.73. The molecule has 1 unspecified atom stereocenters. The van der Waals surface area contributed by atoms with Crippen molar-refractivity contribution in [1.29, 1.82) is 0 Å². The second-order valence-corrected chi connectivity index (χ2v) is 9.62. The summed E-state index contributed by atoms with van der Waals surface area (Å²) in [6, 6.07) is 14.4. The summed E-state index contributed by atoms with van der Waals surface area (Å²) in [4.78, 5) is 35.7. The lowest BCUT2D eigenvalue weighted by Gasteiger charge is -2.47. The Hall–Kier alpha value is -3.03. The van der Waals surface area contributed by atoms with Crippen molar-refractivity contribution in [2.24, 2.45) is 4.99 Å². The summed E-state index contributed by atoms with van der Waals surface area (Å²) in [5, 5.41) is 0. The first-order valence-electron chi connectivity index (χ1n) is 12.6. The van der Waals surface area contributed by atoms with Crippen LogP contribution in [-0.4, -0.2) is 68.4 Å². The van der Waals surface area contributed by atoms with E-state index in [0.29, 0.717) is 23.5 Å². The van der Waals surface area contributed by atoms with E-state index in [2.05, 4.69) is 4.90 Å². The first-order valence-corrected chi connectivity index (χ1v) is 12.6. The second-order valence-electron chi connectivity index (χ2n) is 9.62. The summed E-state index contributed by atoms with van der Waals surface area (Å²) >= 11 is 0. The zero-order valence-electron chi connectivity index (χ0n) is 20.3. The molecule has 0 N–H and O–H groups in total. The molecule has 7 heteroatoms. The Kier molecular flexibility index (Phi) is 6.97. The predicted octanol–water partition coefficient (Wildman–Crippen LogP) is 4.07. The molecule has 2 aliphatic heterocycles. The molecule has 0 spiro atoms. The Morgan fingerprint density at radius 3 is 2.46 bits per heavy atom. The molecule has 7 nitrogen and oxygen atoms in total. The van der Waals surface area contributed by atoms with Crippen LogP contribution in [0, 0.1) is 0 Å². The van der Waals surface area contributed by atoms with Crippen LogP contribution in [0.1, 0.15) is 53.9 Å². The van der Waals surface area contributed by atoms with Gasteiger partial charge in [-0.1, -0.05) is 37.5 Å². The number of benzene rings is 2. The molecule has 1 aliphatic carbocycles. The number of nitrogens with zero attached hydrogens (tertiary/aromatic N) is 3. The number of aliphatic imine (C=N–C) groups is 1. The molecule has 0 aromatic heterocycles. The van der Waals surface area contributed by atoms with Crippen molar-refractivity contribution in [3.8, 4) is 5.75 Å². The number of ether oxygens (including phenoxy) is 2. The summed E-state index contributed by atoms with van der Waals surface area (Å²) in [6.07, 6.45) is 7.70. The third kappa shape index (κ3) is 4.62. The fraction of sp³-hybridized carbons (Fsp3) is 0.464. The highest BCUT2D eigenvalue weighted by atomic mass is 16.5. The van der Waals surface area contributed by atoms with E-state index < -0.39 is 5.92 Å². The van der Waals surface area contributed by atoms with E-state index in [1.807, 2.05) is 18.2 Å². The molecule has 1 atom stereocenters. The highest BCUT2D eigenvalue weighted by molar-refractivity contribution is 6.29. The van der Waals surface area contributed by atoms with Gasteiger partial charge >= 0.3 is 0 Å². The number of fused-ring (bicyclic) bond motifs is 1. The summed E-state index contributed by atoms with van der Waals surface area (Å²) in [5.74, 6) is -0.509. The second kappa shape index (κ2) is 10.3. The lowest BCUT2D eigenvalue weighted by atomic mass is 9.80. The summed E-state index contributed by atoms with van der Waals surface area (Å²) in [5.41, 5.74) is 1.83. The minimum atomic E-state index is -0.601. The molecule has 184 valence electrons. The lowest BCUT2D eigenvalue weighted by molar-refractivity contribution is -0.118. The van der Waals surface area contributed by atoms with Gasteiger partial charge < -0.3 is 9.47 Å². The van der Waals surface area contributed by atoms with E-state index in [0.717, 1.165) is 44.7 Å². The van der Waals surface area contributed by atoms with E-state index in [4.69, 9.17) is 14.5 Å². The van der Waals surface area contributed by atoms with Gasteiger partial charge in [0, 0.05) is 30.4 Å². The Bertz CT molecular complexity index is 1090. The van der Waals surface area contributed by atoms with Crippen LogP contribution in [-0.2, 0) is 9.53 Å². The van der Waals surface area contributed by atoms with Gasteiger partial charge in [-0.3, -0.25) is 19.5 Å². The van der Waals surface area contributed by atoms with Crippen LogP contribution in [0.25, 0.3) is 0 Å². The van der Waals surface area contributed by atoms with Gasteiger partial charge in [0.05, 0.1) is 38.5 Å². The van der Waals surface area contributed by atoms with Gasteiger partial charge in [0.2, 0.25) is 5.91 Å². The van der Waals surface area contributed by atoms with Crippen molar-refractivity contribution in [3.63, 3.8) is 0 Å². The number of imide groups is 1. The molecule has 1 saturated carbocycles. The van der Waals surface area contributed by atoms with E-state index in [9.17, 15) is 9.59 Å². The number of amides is 2. The van der Waals surface area contributed by atoms with Gasteiger partial charge in [0.1, 0.15) is 5.75 Å². The molecule has 2 amide bonds. The number of carbonyl (C=O) groups excluding carboxylic acids is 2. The van der Waals surface area contributed by atoms with Crippen LogP contribution in [0.3, 0.4) is 0 Å². The number of methoxy groups -OCH3 is 1. The molecule has 3 aliphatic rings. The number of anilines is 1. The largest absolute Gasteiger partial charge is 0.497 e. The molecular weight excluding hydrogens is 442 g/mol. The maximum absolute atomic E-state index is 13.7. The molecule has 1 saturated heterocycles. The normalized spacial score (nSPS) is 22.9. The highest BCUT2D eigenvalue weighted by Gasteiger charge is 2.40. The van der Waals surface area contributed by atoms with Gasteiger partial charge in [-0.25, -0.2) is 4.90 Å². The van der Waals surface area contributed by atoms with Gasteiger partial charge in [-0.15, -0.1) is 0 Å². The van der Waals surface area contributed by atoms with Crippen LogP contribution >= 0.6 is 0 Å². The van der Waals surface area contributed by atoms with Crippen LogP contribution < -0.4 is 9.64 Å². The van der Waals surface area contributed by atoms with Gasteiger partial charge in [0.15, 0.2) is 0 Å². The van der Waals surface area contributed by atoms with Crippen LogP contribution in [0.4, 0.5) is 5.69 Å². The zero-order valence-corrected chi connectivity index (χ0v) is 20.3. The highest BCUT2D eigenvalue weighted by Crippen LogP contribution is 2.36. The zero-order chi connectivity index (χ0) is 24.3. The first-order chi connectivity index (χ1) is 17.1. The smallest absolute Gasteiger partial charge is 0.265 e. The summed E-state index contributed by atoms with van der Waals surface area (Å²) in [7, 11) is 1.59. The molecule has 2 fully saturated rings. The fourth-order valence-corrected chi connectivity index (χ4v) is 5.73. The Morgan fingerprint density at radius 1 is 1.03 bits per heavy atom. The molecule has 2 aromatic carbocycles. The number of hydrogen-bond acceptors (Lipinski definition) is 6. The van der Waals surface area contributed by atoms with Crippen LogP contribution in [0.2, 0.25) is 0 Å².